The van der Waals surface area contributed by atoms with Gasteiger partial charge < -0.3 is 15.0 Å². The molecule has 5 nitrogen and oxygen atoms in total. The molecule has 0 aliphatic heterocycles. The number of hydrogen-bond donors (Lipinski definition) is 1. The Bertz CT molecular complexity index is 560. The van der Waals surface area contributed by atoms with E-state index in [-0.39, 0.29) is 11.5 Å². The van der Waals surface area contributed by atoms with E-state index in [1.165, 1.54) is 0 Å². The van der Waals surface area contributed by atoms with Gasteiger partial charge in [0.2, 0.25) is 11.7 Å². The summed E-state index contributed by atoms with van der Waals surface area (Å²) in [5, 5.41) is 4.06. The predicted molar refractivity (Wildman–Crippen MR) is 80.6 cm³/mol. The van der Waals surface area contributed by atoms with Crippen molar-refractivity contribution in [2.75, 3.05) is 6.61 Å². The van der Waals surface area contributed by atoms with Crippen molar-refractivity contribution in [3.8, 4) is 0 Å². The fourth-order valence-corrected chi connectivity index (χ4v) is 2.16. The first kappa shape index (κ1) is 15.7. The van der Waals surface area contributed by atoms with E-state index in [9.17, 15) is 0 Å². The van der Waals surface area contributed by atoms with Crippen LogP contribution in [0.2, 0.25) is 0 Å². The van der Waals surface area contributed by atoms with E-state index in [2.05, 4.69) is 30.9 Å². The van der Waals surface area contributed by atoms with Crippen LogP contribution in [0.4, 0.5) is 0 Å². The molecule has 0 fully saturated rings. The Balaban J connectivity index is 2.24. The summed E-state index contributed by atoms with van der Waals surface area (Å²) in [4.78, 5) is 4.44. The molecular weight excluding hydrogens is 266 g/mol. The van der Waals surface area contributed by atoms with E-state index in [1.807, 2.05) is 37.3 Å². The lowest BCUT2D eigenvalue weighted by atomic mass is 9.88. The maximum Gasteiger partial charge on any atom is 0.248 e. The van der Waals surface area contributed by atoms with Gasteiger partial charge in [0.15, 0.2) is 0 Å². The first-order chi connectivity index (χ1) is 9.93. The van der Waals surface area contributed by atoms with Crippen LogP contribution in [0.25, 0.3) is 0 Å². The zero-order valence-corrected chi connectivity index (χ0v) is 13.0. The van der Waals surface area contributed by atoms with Crippen LogP contribution in [0.1, 0.15) is 57.1 Å². The van der Waals surface area contributed by atoms with Gasteiger partial charge in [-0.15, -0.1) is 0 Å². The van der Waals surface area contributed by atoms with Crippen molar-refractivity contribution < 1.29 is 9.26 Å². The van der Waals surface area contributed by atoms with Gasteiger partial charge in [0.25, 0.3) is 0 Å². The van der Waals surface area contributed by atoms with E-state index in [4.69, 9.17) is 15.0 Å². The average molecular weight is 289 g/mol. The molecule has 2 aromatic rings. The Morgan fingerprint density at radius 1 is 1.24 bits per heavy atom. The minimum atomic E-state index is -0.422. The highest BCUT2D eigenvalue weighted by molar-refractivity contribution is 5.23. The van der Waals surface area contributed by atoms with Crippen LogP contribution in [0.3, 0.4) is 0 Å². The van der Waals surface area contributed by atoms with E-state index >= 15 is 0 Å². The first-order valence-electron chi connectivity index (χ1n) is 7.19. The molecule has 1 aromatic carbocycles. The minimum Gasteiger partial charge on any atom is -0.370 e. The van der Waals surface area contributed by atoms with Gasteiger partial charge in [0.05, 0.1) is 0 Å². The van der Waals surface area contributed by atoms with Crippen molar-refractivity contribution in [2.45, 2.75) is 39.8 Å². The lowest BCUT2D eigenvalue weighted by Gasteiger charge is -2.27. The van der Waals surface area contributed by atoms with Crippen molar-refractivity contribution >= 4 is 0 Å². The molecule has 1 aromatic heterocycles. The normalized spacial score (nSPS) is 14.9. The predicted octanol–water partition coefficient (Wildman–Crippen LogP) is 3.24. The van der Waals surface area contributed by atoms with Gasteiger partial charge in [-0.2, -0.15) is 4.98 Å². The van der Waals surface area contributed by atoms with Gasteiger partial charge in [-0.05, 0) is 17.9 Å². The zero-order valence-electron chi connectivity index (χ0n) is 13.0. The molecule has 1 heterocycles. The smallest absolute Gasteiger partial charge is 0.248 e. The molecule has 0 radical (unpaired) electrons. The molecule has 21 heavy (non-hydrogen) atoms. The molecule has 0 saturated heterocycles. The molecule has 2 rings (SSSR count). The van der Waals surface area contributed by atoms with Gasteiger partial charge in [0, 0.05) is 6.61 Å². The Labute approximate surface area is 125 Å². The van der Waals surface area contributed by atoms with Gasteiger partial charge in [-0.1, -0.05) is 56.3 Å². The molecule has 0 amide bonds. The molecule has 5 heteroatoms. The van der Waals surface area contributed by atoms with Gasteiger partial charge >= 0.3 is 0 Å². The largest absolute Gasteiger partial charge is 0.370 e. The van der Waals surface area contributed by atoms with E-state index in [0.29, 0.717) is 18.3 Å². The average Bonchev–Trinajstić information content (AvgIpc) is 2.93. The zero-order chi connectivity index (χ0) is 15.5. The Hall–Kier alpha value is -1.72. The highest BCUT2D eigenvalue weighted by atomic mass is 16.5. The van der Waals surface area contributed by atoms with Gasteiger partial charge in [0.1, 0.15) is 12.1 Å². The fraction of sp³-hybridized carbons (Fsp3) is 0.500. The maximum absolute atomic E-state index is 6.18. The Morgan fingerprint density at radius 2 is 1.90 bits per heavy atom. The number of benzene rings is 1. The molecule has 2 atom stereocenters. The SMILES string of the molecule is CCOC(c1noc([C@H](N)c2ccccc2)n1)C(C)(C)C. The number of ether oxygens (including phenoxy) is 1. The van der Waals surface area contributed by atoms with Gasteiger partial charge in [-0.3, -0.25) is 0 Å². The second kappa shape index (κ2) is 6.37. The quantitative estimate of drug-likeness (QED) is 0.914. The highest BCUT2D eigenvalue weighted by Gasteiger charge is 2.32. The van der Waals surface area contributed by atoms with Crippen molar-refractivity contribution in [1.82, 2.24) is 10.1 Å². The molecule has 2 N–H and O–H groups in total. The Kier molecular flexibility index (Phi) is 4.75. The summed E-state index contributed by atoms with van der Waals surface area (Å²) in [5.41, 5.74) is 7.00. The third kappa shape index (κ3) is 3.68. The molecule has 0 bridgehead atoms. The monoisotopic (exact) mass is 289 g/mol. The van der Waals surface area contributed by atoms with Crippen molar-refractivity contribution in [2.24, 2.45) is 11.1 Å². The van der Waals surface area contributed by atoms with Gasteiger partial charge in [-0.25, -0.2) is 0 Å². The second-order valence-corrected chi connectivity index (χ2v) is 6.08. The molecule has 114 valence electrons. The molecular formula is C16H23N3O2. The summed E-state index contributed by atoms with van der Waals surface area (Å²) < 4.78 is 11.1. The van der Waals surface area contributed by atoms with Crippen LogP contribution >= 0.6 is 0 Å². The lowest BCUT2D eigenvalue weighted by molar-refractivity contribution is -0.0203. The van der Waals surface area contributed by atoms with Crippen LogP contribution in [-0.2, 0) is 4.74 Å². The van der Waals surface area contributed by atoms with Crippen LogP contribution in [-0.4, -0.2) is 16.7 Å². The third-order valence-corrected chi connectivity index (χ3v) is 3.24. The molecule has 0 spiro atoms. The molecule has 1 unspecified atom stereocenters. The maximum atomic E-state index is 6.18. The first-order valence-corrected chi connectivity index (χ1v) is 7.19. The van der Waals surface area contributed by atoms with Crippen LogP contribution in [0, 0.1) is 5.41 Å². The highest BCUT2D eigenvalue weighted by Crippen LogP contribution is 2.35. The minimum absolute atomic E-state index is 0.117. The number of hydrogen-bond acceptors (Lipinski definition) is 5. The van der Waals surface area contributed by atoms with E-state index in [0.717, 1.165) is 5.56 Å². The summed E-state index contributed by atoms with van der Waals surface area (Å²) >= 11 is 0. The summed E-state index contributed by atoms with van der Waals surface area (Å²) in [6.45, 7) is 8.80. The summed E-state index contributed by atoms with van der Waals surface area (Å²) in [7, 11) is 0. The second-order valence-electron chi connectivity index (χ2n) is 6.08. The number of aromatic nitrogens is 2. The van der Waals surface area contributed by atoms with Crippen LogP contribution < -0.4 is 5.73 Å². The number of nitrogens with zero attached hydrogens (tertiary/aromatic N) is 2. The van der Waals surface area contributed by atoms with Crippen LogP contribution in [0.15, 0.2) is 34.9 Å². The van der Waals surface area contributed by atoms with E-state index in [1.54, 1.807) is 0 Å². The summed E-state index contributed by atoms with van der Waals surface area (Å²) in [6, 6.07) is 9.28. The fourth-order valence-electron chi connectivity index (χ4n) is 2.16. The third-order valence-electron chi connectivity index (χ3n) is 3.24. The molecule has 0 aliphatic rings. The van der Waals surface area contributed by atoms with Crippen molar-refractivity contribution in [3.05, 3.63) is 47.6 Å². The lowest BCUT2D eigenvalue weighted by Crippen LogP contribution is -2.23. The standard InChI is InChI=1S/C16H23N3O2/c1-5-20-13(16(2,3)4)14-18-15(21-19-14)12(17)11-9-7-6-8-10-11/h6-10,12-13H,5,17H2,1-4H3/t12-,13?/m1/s1. The van der Waals surface area contributed by atoms with E-state index < -0.39 is 6.04 Å². The number of rotatable bonds is 5. The topological polar surface area (TPSA) is 74.2 Å². The van der Waals surface area contributed by atoms with Crippen molar-refractivity contribution in [3.63, 3.8) is 0 Å². The molecule has 0 saturated carbocycles. The molecule has 0 aliphatic carbocycles. The van der Waals surface area contributed by atoms with Crippen LogP contribution in [0.5, 0.6) is 0 Å². The number of nitrogens with two attached hydrogens (primary N) is 1. The summed E-state index contributed by atoms with van der Waals surface area (Å²) in [6.07, 6.45) is -0.219. The summed E-state index contributed by atoms with van der Waals surface area (Å²) in [5.74, 6) is 0.955. The van der Waals surface area contributed by atoms with Crippen molar-refractivity contribution in [1.29, 1.82) is 0 Å². The Morgan fingerprint density at radius 3 is 2.48 bits per heavy atom.